The van der Waals surface area contributed by atoms with Crippen LogP contribution < -0.4 is 4.74 Å². The van der Waals surface area contributed by atoms with Crippen LogP contribution in [0.25, 0.3) is 0 Å². The Morgan fingerprint density at radius 3 is 2.12 bits per heavy atom. The molecule has 0 aromatic heterocycles. The Balaban J connectivity index is 1.67. The first-order valence-electron chi connectivity index (χ1n) is 9.03. The van der Waals surface area contributed by atoms with Crippen molar-refractivity contribution < 1.29 is 14.7 Å². The van der Waals surface area contributed by atoms with Crippen molar-refractivity contribution in [3.63, 3.8) is 0 Å². The van der Waals surface area contributed by atoms with Crippen molar-refractivity contribution in [3.05, 3.63) is 59.7 Å². The molecular formula is C20H23N3O3. The van der Waals surface area contributed by atoms with Crippen molar-refractivity contribution in [1.82, 2.24) is 15.1 Å². The summed E-state index contributed by atoms with van der Waals surface area (Å²) in [5, 5.41) is 15.2. The van der Waals surface area contributed by atoms with Gasteiger partial charge in [-0.05, 0) is 25.0 Å². The maximum atomic E-state index is 13.0. The largest absolute Gasteiger partial charge is 0.457 e. The van der Waals surface area contributed by atoms with Crippen LogP contribution in [0, 0.1) is 0 Å². The molecule has 1 fully saturated rings. The maximum Gasteiger partial charge on any atom is 0.358 e. The van der Waals surface area contributed by atoms with Gasteiger partial charge in [0.25, 0.3) is 0 Å². The number of piperidine rings is 1. The minimum Gasteiger partial charge on any atom is -0.457 e. The van der Waals surface area contributed by atoms with Crippen molar-refractivity contribution in [2.75, 3.05) is 20.1 Å². The molecule has 2 aromatic carbocycles. The molecule has 0 unspecified atom stereocenters. The van der Waals surface area contributed by atoms with Crippen LogP contribution in [-0.4, -0.2) is 46.5 Å². The Hall–Kier alpha value is -2.57. The van der Waals surface area contributed by atoms with Gasteiger partial charge in [0.15, 0.2) is 0 Å². The Labute approximate surface area is 153 Å². The number of rotatable bonds is 2. The molecule has 0 saturated carbocycles. The van der Waals surface area contributed by atoms with Gasteiger partial charge in [0, 0.05) is 31.3 Å². The zero-order valence-corrected chi connectivity index (χ0v) is 14.8. The second kappa shape index (κ2) is 6.97. The quantitative estimate of drug-likeness (QED) is 0.654. The van der Waals surface area contributed by atoms with E-state index in [2.05, 4.69) is 0 Å². The fourth-order valence-corrected chi connectivity index (χ4v) is 3.71. The minimum absolute atomic E-state index is 0.441. The molecule has 6 heteroatoms. The number of fused-ring (bicyclic) bond motifs is 2. The normalized spacial score (nSPS) is 17.0. The van der Waals surface area contributed by atoms with Gasteiger partial charge in [-0.1, -0.05) is 42.8 Å². The number of hydrogen-bond acceptors (Lipinski definition) is 4. The van der Waals surface area contributed by atoms with E-state index in [1.54, 1.807) is 7.05 Å². The van der Waals surface area contributed by atoms with Crippen LogP contribution in [0.3, 0.4) is 0 Å². The third-order valence-corrected chi connectivity index (χ3v) is 5.12. The average Bonchev–Trinajstić information content (AvgIpc) is 2.71. The lowest BCUT2D eigenvalue weighted by molar-refractivity contribution is -0.106. The Kier molecular flexibility index (Phi) is 4.53. The zero-order chi connectivity index (χ0) is 18.1. The highest BCUT2D eigenvalue weighted by Crippen LogP contribution is 2.45. The second-order valence-electron chi connectivity index (χ2n) is 6.75. The van der Waals surface area contributed by atoms with E-state index in [0.29, 0.717) is 11.5 Å². The van der Waals surface area contributed by atoms with E-state index in [0.717, 1.165) is 42.1 Å². The van der Waals surface area contributed by atoms with Crippen molar-refractivity contribution in [3.8, 4) is 11.5 Å². The smallest absolute Gasteiger partial charge is 0.358 e. The van der Waals surface area contributed by atoms with Gasteiger partial charge in [-0.2, -0.15) is 5.06 Å². The number of amides is 2. The Bertz CT molecular complexity index is 759. The first-order chi connectivity index (χ1) is 12.7. The molecule has 2 aliphatic heterocycles. The molecule has 4 rings (SSSR count). The van der Waals surface area contributed by atoms with Crippen LogP contribution in [0.4, 0.5) is 4.79 Å². The molecule has 0 radical (unpaired) electrons. The van der Waals surface area contributed by atoms with Gasteiger partial charge in [-0.15, -0.1) is 0 Å². The molecule has 26 heavy (non-hydrogen) atoms. The van der Waals surface area contributed by atoms with Gasteiger partial charge >= 0.3 is 6.03 Å². The van der Waals surface area contributed by atoms with E-state index in [1.165, 1.54) is 11.4 Å². The molecule has 0 bridgehead atoms. The maximum absolute atomic E-state index is 13.0. The van der Waals surface area contributed by atoms with Crippen molar-refractivity contribution in [2.45, 2.75) is 25.3 Å². The third kappa shape index (κ3) is 2.91. The van der Waals surface area contributed by atoms with E-state index < -0.39 is 12.1 Å². The van der Waals surface area contributed by atoms with Crippen LogP contribution in [0.15, 0.2) is 48.5 Å². The molecule has 2 heterocycles. The lowest BCUT2D eigenvalue weighted by Crippen LogP contribution is -2.51. The number of carbonyl (C=O) groups is 1. The van der Waals surface area contributed by atoms with Gasteiger partial charge in [0.2, 0.25) is 0 Å². The molecular weight excluding hydrogens is 330 g/mol. The summed E-state index contributed by atoms with van der Waals surface area (Å²) in [5.41, 5.74) is 1.54. The number of nitrogens with zero attached hydrogens (tertiary/aromatic N) is 3. The average molecular weight is 353 g/mol. The summed E-state index contributed by atoms with van der Waals surface area (Å²) in [4.78, 5) is 13.0. The highest BCUT2D eigenvalue weighted by molar-refractivity contribution is 5.74. The minimum atomic E-state index is -0.601. The molecule has 1 saturated heterocycles. The van der Waals surface area contributed by atoms with Crippen molar-refractivity contribution >= 4 is 6.03 Å². The summed E-state index contributed by atoms with van der Waals surface area (Å²) in [6.45, 7) is 1.66. The standard InChI is InChI=1S/C20H23N3O3/c1-21(22-13-7-2-8-14-22)20(24)23(25)19-15-9-3-5-11-17(15)26-18-12-6-4-10-16(18)19/h3-6,9-12,19,25H,2,7-8,13-14H2,1H3. The van der Waals surface area contributed by atoms with Crippen molar-refractivity contribution in [1.29, 1.82) is 0 Å². The monoisotopic (exact) mass is 353 g/mol. The Morgan fingerprint density at radius 2 is 1.54 bits per heavy atom. The van der Waals surface area contributed by atoms with Gasteiger partial charge in [0.1, 0.15) is 17.5 Å². The number of para-hydroxylation sites is 2. The fourth-order valence-electron chi connectivity index (χ4n) is 3.71. The molecule has 1 N–H and O–H groups in total. The molecule has 0 aliphatic carbocycles. The molecule has 2 aromatic rings. The van der Waals surface area contributed by atoms with E-state index in [4.69, 9.17) is 4.74 Å². The summed E-state index contributed by atoms with van der Waals surface area (Å²) in [7, 11) is 1.72. The first-order valence-corrected chi connectivity index (χ1v) is 9.03. The number of hydrazine groups is 1. The molecule has 2 amide bonds. The predicted molar refractivity (Wildman–Crippen MR) is 97.0 cm³/mol. The highest BCUT2D eigenvalue weighted by atomic mass is 16.5. The predicted octanol–water partition coefficient (Wildman–Crippen LogP) is 4.03. The number of ether oxygens (including phenoxy) is 1. The van der Waals surface area contributed by atoms with Gasteiger partial charge in [0.05, 0.1) is 0 Å². The summed E-state index contributed by atoms with van der Waals surface area (Å²) < 4.78 is 5.94. The van der Waals surface area contributed by atoms with Crippen LogP contribution >= 0.6 is 0 Å². The lowest BCUT2D eigenvalue weighted by atomic mass is 9.94. The van der Waals surface area contributed by atoms with E-state index >= 15 is 0 Å². The molecule has 136 valence electrons. The van der Waals surface area contributed by atoms with Gasteiger partial charge in [-0.3, -0.25) is 10.2 Å². The third-order valence-electron chi connectivity index (χ3n) is 5.12. The van der Waals surface area contributed by atoms with Crippen LogP contribution in [0.2, 0.25) is 0 Å². The van der Waals surface area contributed by atoms with Crippen molar-refractivity contribution in [2.24, 2.45) is 0 Å². The lowest BCUT2D eigenvalue weighted by Gasteiger charge is -2.39. The van der Waals surface area contributed by atoms with Gasteiger partial charge in [-0.25, -0.2) is 9.80 Å². The van der Waals surface area contributed by atoms with Crippen LogP contribution in [-0.2, 0) is 0 Å². The number of hydroxylamine groups is 2. The van der Waals surface area contributed by atoms with E-state index in [-0.39, 0.29) is 0 Å². The van der Waals surface area contributed by atoms with Crippen LogP contribution in [0.5, 0.6) is 11.5 Å². The Morgan fingerprint density at radius 1 is 1.00 bits per heavy atom. The molecule has 0 spiro atoms. The second-order valence-corrected chi connectivity index (χ2v) is 6.75. The molecule has 0 atom stereocenters. The highest BCUT2D eigenvalue weighted by Gasteiger charge is 2.36. The summed E-state index contributed by atoms with van der Waals surface area (Å²) in [6, 6.07) is 14.0. The molecule has 2 aliphatic rings. The topological polar surface area (TPSA) is 56.3 Å². The van der Waals surface area contributed by atoms with E-state index in [1.807, 2.05) is 53.5 Å². The zero-order valence-electron chi connectivity index (χ0n) is 14.8. The number of benzene rings is 2. The van der Waals surface area contributed by atoms with E-state index in [9.17, 15) is 10.0 Å². The summed E-state index contributed by atoms with van der Waals surface area (Å²) >= 11 is 0. The van der Waals surface area contributed by atoms with Crippen LogP contribution in [0.1, 0.15) is 36.4 Å². The number of hydrogen-bond donors (Lipinski definition) is 1. The first kappa shape index (κ1) is 16.9. The SMILES string of the molecule is CN(C(=O)N(O)C1c2ccccc2Oc2ccccc21)N1CCCCC1. The number of urea groups is 1. The van der Waals surface area contributed by atoms with Gasteiger partial charge < -0.3 is 4.74 Å². The number of carbonyl (C=O) groups excluding carboxylic acids is 1. The summed E-state index contributed by atoms with van der Waals surface area (Å²) in [5.74, 6) is 1.31. The summed E-state index contributed by atoms with van der Waals surface area (Å²) in [6.07, 6.45) is 3.31. The molecule has 6 nitrogen and oxygen atoms in total. The fraction of sp³-hybridized carbons (Fsp3) is 0.350.